The molecule has 0 radical (unpaired) electrons. The average Bonchev–Trinajstić information content (AvgIpc) is 3.52. The Labute approximate surface area is 226 Å². The van der Waals surface area contributed by atoms with Gasteiger partial charge in [0.2, 0.25) is 0 Å². The number of aromatic carboxylic acids is 1. The first-order valence-electron chi connectivity index (χ1n) is 12.1. The second kappa shape index (κ2) is 10.6. The number of aromatic nitrogens is 1. The van der Waals surface area contributed by atoms with Crippen molar-refractivity contribution in [2.24, 2.45) is 4.99 Å². The Balaban J connectivity index is 1.62. The van der Waals surface area contributed by atoms with Crippen molar-refractivity contribution < 1.29 is 28.6 Å². The molecule has 0 saturated carbocycles. The molecule has 5 rings (SSSR count). The molecule has 4 aromatic rings. The van der Waals surface area contributed by atoms with Gasteiger partial charge < -0.3 is 19.0 Å². The number of carbonyl (C=O) groups excluding carboxylic acids is 1. The highest BCUT2D eigenvalue weighted by atomic mass is 32.1. The van der Waals surface area contributed by atoms with E-state index in [1.807, 2.05) is 18.2 Å². The Morgan fingerprint density at radius 2 is 1.87 bits per heavy atom. The van der Waals surface area contributed by atoms with Crippen molar-refractivity contribution >= 4 is 29.4 Å². The first-order valence-corrected chi connectivity index (χ1v) is 12.9. The molecule has 1 atom stereocenters. The summed E-state index contributed by atoms with van der Waals surface area (Å²) in [7, 11) is 1.53. The normalized spacial score (nSPS) is 15.1. The predicted molar refractivity (Wildman–Crippen MR) is 144 cm³/mol. The highest BCUT2D eigenvalue weighted by molar-refractivity contribution is 7.07. The van der Waals surface area contributed by atoms with Crippen molar-refractivity contribution in [1.29, 1.82) is 0 Å². The number of furan rings is 1. The van der Waals surface area contributed by atoms with Gasteiger partial charge in [-0.15, -0.1) is 0 Å². The second-order valence-corrected chi connectivity index (χ2v) is 9.64. The summed E-state index contributed by atoms with van der Waals surface area (Å²) >= 11 is 1.19. The third kappa shape index (κ3) is 4.82. The van der Waals surface area contributed by atoms with Gasteiger partial charge in [0.15, 0.2) is 4.80 Å². The van der Waals surface area contributed by atoms with Gasteiger partial charge in [0.25, 0.3) is 5.56 Å². The van der Waals surface area contributed by atoms with Gasteiger partial charge in [0.05, 0.1) is 35.1 Å². The number of para-hydroxylation sites is 1. The maximum absolute atomic E-state index is 13.8. The number of carbonyl (C=O) groups is 2. The first kappa shape index (κ1) is 25.9. The summed E-state index contributed by atoms with van der Waals surface area (Å²) in [6.45, 7) is 3.62. The molecule has 0 saturated heterocycles. The highest BCUT2D eigenvalue weighted by Crippen LogP contribution is 2.35. The quantitative estimate of drug-likeness (QED) is 0.352. The maximum Gasteiger partial charge on any atom is 0.338 e. The number of rotatable bonds is 7. The number of fused-ring (bicyclic) bond motifs is 1. The lowest BCUT2D eigenvalue weighted by atomic mass is 9.95. The topological polar surface area (TPSA) is 120 Å². The Morgan fingerprint density at radius 1 is 1.13 bits per heavy atom. The number of hydrogen-bond donors (Lipinski definition) is 1. The fraction of sp³-hybridized carbons (Fsp3) is 0.172. The van der Waals surface area contributed by atoms with Crippen LogP contribution in [0.2, 0.25) is 0 Å². The number of thiazole rings is 1. The van der Waals surface area contributed by atoms with Crippen molar-refractivity contribution in [3.05, 3.63) is 109 Å². The largest absolute Gasteiger partial charge is 0.496 e. The molecule has 198 valence electrons. The van der Waals surface area contributed by atoms with Gasteiger partial charge in [-0.2, -0.15) is 0 Å². The fourth-order valence-electron chi connectivity index (χ4n) is 4.47. The van der Waals surface area contributed by atoms with E-state index in [9.17, 15) is 14.4 Å². The lowest BCUT2D eigenvalue weighted by Crippen LogP contribution is -2.40. The molecule has 1 N–H and O–H groups in total. The molecule has 10 heteroatoms. The van der Waals surface area contributed by atoms with Crippen molar-refractivity contribution in [2.45, 2.75) is 19.9 Å². The molecule has 0 aliphatic carbocycles. The molecule has 1 aliphatic heterocycles. The van der Waals surface area contributed by atoms with Crippen LogP contribution in [0.5, 0.6) is 5.75 Å². The summed E-state index contributed by atoms with van der Waals surface area (Å²) in [6, 6.07) is 16.2. The maximum atomic E-state index is 13.8. The smallest absolute Gasteiger partial charge is 0.338 e. The molecule has 3 heterocycles. The first-order chi connectivity index (χ1) is 18.8. The van der Waals surface area contributed by atoms with Crippen LogP contribution >= 0.6 is 11.3 Å². The number of benzene rings is 2. The zero-order chi connectivity index (χ0) is 27.7. The van der Waals surface area contributed by atoms with Crippen LogP contribution in [0.15, 0.2) is 86.1 Å². The molecule has 0 fully saturated rings. The van der Waals surface area contributed by atoms with E-state index < -0.39 is 18.0 Å². The van der Waals surface area contributed by atoms with Gasteiger partial charge in [-0.05, 0) is 44.2 Å². The summed E-state index contributed by atoms with van der Waals surface area (Å²) < 4.78 is 18.7. The van der Waals surface area contributed by atoms with Crippen LogP contribution in [0, 0.1) is 0 Å². The van der Waals surface area contributed by atoms with Crippen LogP contribution in [0.3, 0.4) is 0 Å². The molecule has 0 spiro atoms. The minimum atomic E-state index is -1.01. The number of carboxylic acid groups (broad SMARTS) is 1. The van der Waals surface area contributed by atoms with Gasteiger partial charge in [0, 0.05) is 17.2 Å². The zero-order valence-corrected chi connectivity index (χ0v) is 22.2. The van der Waals surface area contributed by atoms with Gasteiger partial charge in [-0.3, -0.25) is 9.36 Å². The van der Waals surface area contributed by atoms with E-state index in [1.54, 1.807) is 50.3 Å². The van der Waals surface area contributed by atoms with Crippen LogP contribution < -0.4 is 19.6 Å². The molecule has 0 bridgehead atoms. The summed E-state index contributed by atoms with van der Waals surface area (Å²) in [4.78, 5) is 43.0. The molecule has 39 heavy (non-hydrogen) atoms. The van der Waals surface area contributed by atoms with Gasteiger partial charge in [-0.1, -0.05) is 41.7 Å². The molecule has 2 aromatic carbocycles. The third-order valence-corrected chi connectivity index (χ3v) is 7.25. The van der Waals surface area contributed by atoms with Crippen LogP contribution in [-0.2, 0) is 9.53 Å². The van der Waals surface area contributed by atoms with E-state index in [-0.39, 0.29) is 23.3 Å². The number of methoxy groups -OCH3 is 1. The van der Waals surface area contributed by atoms with Crippen LogP contribution in [0.25, 0.3) is 17.4 Å². The minimum Gasteiger partial charge on any atom is -0.496 e. The van der Waals surface area contributed by atoms with Crippen LogP contribution in [0.1, 0.15) is 41.6 Å². The van der Waals surface area contributed by atoms with Gasteiger partial charge >= 0.3 is 11.9 Å². The molecule has 9 nitrogen and oxygen atoms in total. The van der Waals surface area contributed by atoms with Gasteiger partial charge in [-0.25, -0.2) is 14.6 Å². The SMILES string of the molecule is CCOC(=O)C1=C(C)N=c2s/c(=C\c3ccc(-c4ccc(C(=O)O)cc4)o3)c(=O)n2C1c1ccccc1OC. The Bertz CT molecular complexity index is 1790. The number of allylic oxidation sites excluding steroid dienone is 1. The van der Waals surface area contributed by atoms with Crippen molar-refractivity contribution in [2.75, 3.05) is 13.7 Å². The zero-order valence-electron chi connectivity index (χ0n) is 21.3. The summed E-state index contributed by atoms with van der Waals surface area (Å²) in [5.74, 6) is -0.0670. The van der Waals surface area contributed by atoms with Crippen molar-refractivity contribution in [3.8, 4) is 17.1 Å². The summed E-state index contributed by atoms with van der Waals surface area (Å²) in [6.07, 6.45) is 1.63. The Morgan fingerprint density at radius 3 is 2.56 bits per heavy atom. The fourth-order valence-corrected chi connectivity index (χ4v) is 5.50. The summed E-state index contributed by atoms with van der Waals surface area (Å²) in [5.41, 5.74) is 1.90. The number of ether oxygens (including phenoxy) is 2. The molecule has 1 unspecified atom stereocenters. The average molecular weight is 545 g/mol. The van der Waals surface area contributed by atoms with Crippen molar-refractivity contribution in [3.63, 3.8) is 0 Å². The van der Waals surface area contributed by atoms with Crippen molar-refractivity contribution in [1.82, 2.24) is 4.57 Å². The number of carboxylic acids is 1. The molecule has 0 amide bonds. The van der Waals surface area contributed by atoms with E-state index in [1.165, 1.54) is 35.1 Å². The van der Waals surface area contributed by atoms with E-state index in [2.05, 4.69) is 4.99 Å². The van der Waals surface area contributed by atoms with E-state index in [0.717, 1.165) is 0 Å². The third-order valence-electron chi connectivity index (χ3n) is 6.27. The highest BCUT2D eigenvalue weighted by Gasteiger charge is 2.35. The van der Waals surface area contributed by atoms with E-state index in [4.69, 9.17) is 19.0 Å². The van der Waals surface area contributed by atoms with Crippen LogP contribution in [-0.4, -0.2) is 35.3 Å². The summed E-state index contributed by atoms with van der Waals surface area (Å²) in [5, 5.41) is 9.12. The Kier molecular flexibility index (Phi) is 7.03. The monoisotopic (exact) mass is 544 g/mol. The number of hydrogen-bond acceptors (Lipinski definition) is 8. The van der Waals surface area contributed by atoms with E-state index in [0.29, 0.717) is 43.4 Å². The molecule has 2 aromatic heterocycles. The minimum absolute atomic E-state index is 0.175. The van der Waals surface area contributed by atoms with Crippen LogP contribution in [0.4, 0.5) is 0 Å². The number of nitrogens with zero attached hydrogens (tertiary/aromatic N) is 2. The lowest BCUT2D eigenvalue weighted by Gasteiger charge is -2.25. The lowest BCUT2D eigenvalue weighted by molar-refractivity contribution is -0.139. The standard InChI is InChI=1S/C29H24N2O7S/c1-4-37-28(35)24-16(2)30-29-31(25(24)20-7-5-6-8-22(20)36-3)26(32)23(39-29)15-19-13-14-21(38-19)17-9-11-18(12-10-17)27(33)34/h5-15,25H,4H2,1-3H3,(H,33,34)/b23-15-. The predicted octanol–water partition coefficient (Wildman–Crippen LogP) is 3.77. The van der Waals surface area contributed by atoms with E-state index >= 15 is 0 Å². The molecular weight excluding hydrogens is 520 g/mol. The number of esters is 1. The van der Waals surface area contributed by atoms with Gasteiger partial charge in [0.1, 0.15) is 23.3 Å². The molecule has 1 aliphatic rings. The second-order valence-electron chi connectivity index (χ2n) is 8.63. The Hall–Kier alpha value is -4.70. The molecular formula is C29H24N2O7S.